The maximum Gasteiger partial charge on any atom is 0.262 e. The monoisotopic (exact) mass is 305 g/mol. The number of hydrogen-bond acceptors (Lipinski definition) is 2. The van der Waals surface area contributed by atoms with E-state index in [9.17, 15) is 9.59 Å². The summed E-state index contributed by atoms with van der Waals surface area (Å²) in [5.41, 5.74) is 2.25. The first kappa shape index (κ1) is 15.2. The zero-order valence-corrected chi connectivity index (χ0v) is 12.9. The van der Waals surface area contributed by atoms with Crippen LogP contribution in [0.25, 0.3) is 0 Å². The van der Waals surface area contributed by atoms with E-state index in [2.05, 4.69) is 18.7 Å². The van der Waals surface area contributed by atoms with Gasteiger partial charge in [-0.2, -0.15) is 0 Å². The van der Waals surface area contributed by atoms with E-state index in [1.54, 1.807) is 30.3 Å². The Morgan fingerprint density at radius 3 is 2.04 bits per heavy atom. The van der Waals surface area contributed by atoms with E-state index in [1.807, 2.05) is 18.2 Å². The molecule has 0 N–H and O–H groups in total. The number of hydrogen-bond donors (Lipinski definition) is 0. The van der Waals surface area contributed by atoms with Crippen LogP contribution in [-0.4, -0.2) is 22.8 Å². The average Bonchev–Trinajstić information content (AvgIpc) is 2.85. The first-order chi connectivity index (χ1) is 11.2. The zero-order chi connectivity index (χ0) is 16.2. The average molecular weight is 305 g/mol. The largest absolute Gasteiger partial charge is 0.269 e. The summed E-state index contributed by atoms with van der Waals surface area (Å²) in [5.74, 6) is -0.426. The van der Waals surface area contributed by atoms with Crippen molar-refractivity contribution in [2.24, 2.45) is 0 Å². The highest BCUT2D eigenvalue weighted by Gasteiger charge is 2.38. The van der Waals surface area contributed by atoms with Gasteiger partial charge in [0.1, 0.15) is 0 Å². The SMILES string of the molecule is C=CC(CCCc1ccccc1)N1C(=O)c2ccccc2C1=O. The number of fused-ring (bicyclic) bond motifs is 1. The van der Waals surface area contributed by atoms with Gasteiger partial charge in [-0.05, 0) is 37.0 Å². The number of nitrogens with zero attached hydrogens (tertiary/aromatic N) is 1. The van der Waals surface area contributed by atoms with E-state index in [4.69, 9.17) is 0 Å². The minimum absolute atomic E-state index is 0.213. The quantitative estimate of drug-likeness (QED) is 0.600. The summed E-state index contributed by atoms with van der Waals surface area (Å²) in [7, 11) is 0. The molecule has 0 spiro atoms. The third-order valence-electron chi connectivity index (χ3n) is 4.24. The maximum atomic E-state index is 12.5. The number of carbonyl (C=O) groups excluding carboxylic acids is 2. The molecule has 0 saturated carbocycles. The molecule has 116 valence electrons. The zero-order valence-electron chi connectivity index (χ0n) is 12.9. The second kappa shape index (κ2) is 6.61. The van der Waals surface area contributed by atoms with Crippen LogP contribution in [-0.2, 0) is 6.42 Å². The van der Waals surface area contributed by atoms with Crippen molar-refractivity contribution < 1.29 is 9.59 Å². The molecule has 3 heteroatoms. The summed E-state index contributed by atoms with van der Waals surface area (Å²) >= 11 is 0. The molecule has 1 heterocycles. The number of benzene rings is 2. The molecular weight excluding hydrogens is 286 g/mol. The number of carbonyl (C=O) groups is 2. The van der Waals surface area contributed by atoms with Crippen LogP contribution in [0.15, 0.2) is 67.3 Å². The van der Waals surface area contributed by atoms with Gasteiger partial charge in [-0.25, -0.2) is 0 Å². The predicted molar refractivity (Wildman–Crippen MR) is 90.3 cm³/mol. The first-order valence-corrected chi connectivity index (χ1v) is 7.86. The molecule has 1 aliphatic heterocycles. The Bertz CT molecular complexity index is 701. The smallest absolute Gasteiger partial charge is 0.262 e. The molecule has 23 heavy (non-hydrogen) atoms. The molecule has 2 aromatic carbocycles. The van der Waals surface area contributed by atoms with E-state index >= 15 is 0 Å². The summed E-state index contributed by atoms with van der Waals surface area (Å²) in [5, 5.41) is 0. The van der Waals surface area contributed by atoms with Crippen molar-refractivity contribution in [3.63, 3.8) is 0 Å². The van der Waals surface area contributed by atoms with Crippen LogP contribution in [0.3, 0.4) is 0 Å². The van der Waals surface area contributed by atoms with Crippen molar-refractivity contribution in [3.8, 4) is 0 Å². The molecule has 0 fully saturated rings. The molecule has 3 rings (SSSR count). The second-order valence-corrected chi connectivity index (χ2v) is 5.71. The minimum atomic E-state index is -0.258. The van der Waals surface area contributed by atoms with Crippen LogP contribution in [0.4, 0.5) is 0 Å². The predicted octanol–water partition coefficient (Wildman–Crippen LogP) is 3.86. The van der Waals surface area contributed by atoms with E-state index in [-0.39, 0.29) is 17.9 Å². The van der Waals surface area contributed by atoms with Crippen molar-refractivity contribution >= 4 is 11.8 Å². The first-order valence-electron chi connectivity index (χ1n) is 7.86. The van der Waals surface area contributed by atoms with Gasteiger partial charge >= 0.3 is 0 Å². The highest BCUT2D eigenvalue weighted by Crippen LogP contribution is 2.26. The van der Waals surface area contributed by atoms with Gasteiger partial charge in [0.05, 0.1) is 17.2 Å². The number of amides is 2. The fourth-order valence-corrected chi connectivity index (χ4v) is 3.02. The molecule has 2 aromatic rings. The normalized spacial score (nSPS) is 14.7. The maximum absolute atomic E-state index is 12.5. The number of imide groups is 1. The van der Waals surface area contributed by atoms with Gasteiger partial charge in [-0.15, -0.1) is 6.58 Å². The van der Waals surface area contributed by atoms with Gasteiger partial charge in [0, 0.05) is 0 Å². The van der Waals surface area contributed by atoms with E-state index in [1.165, 1.54) is 10.5 Å². The summed E-state index contributed by atoms with van der Waals surface area (Å²) in [6.07, 6.45) is 4.25. The van der Waals surface area contributed by atoms with Crippen molar-refractivity contribution in [2.75, 3.05) is 0 Å². The van der Waals surface area contributed by atoms with Crippen molar-refractivity contribution in [2.45, 2.75) is 25.3 Å². The van der Waals surface area contributed by atoms with Gasteiger partial charge in [0.2, 0.25) is 0 Å². The molecule has 0 saturated heterocycles. The Morgan fingerprint density at radius 2 is 1.48 bits per heavy atom. The lowest BCUT2D eigenvalue weighted by molar-refractivity contribution is 0.0608. The lowest BCUT2D eigenvalue weighted by Crippen LogP contribution is -2.38. The Morgan fingerprint density at radius 1 is 0.913 bits per heavy atom. The Labute approximate surface area is 136 Å². The Hall–Kier alpha value is -2.68. The van der Waals surface area contributed by atoms with Crippen LogP contribution in [0, 0.1) is 0 Å². The number of aryl methyl sites for hydroxylation is 1. The highest BCUT2D eigenvalue weighted by atomic mass is 16.2. The lowest BCUT2D eigenvalue weighted by atomic mass is 10.0. The highest BCUT2D eigenvalue weighted by molar-refractivity contribution is 6.21. The van der Waals surface area contributed by atoms with Crippen LogP contribution >= 0.6 is 0 Å². The van der Waals surface area contributed by atoms with Crippen molar-refractivity contribution in [1.29, 1.82) is 0 Å². The van der Waals surface area contributed by atoms with Crippen LogP contribution in [0.5, 0.6) is 0 Å². The Balaban J connectivity index is 1.69. The molecule has 0 radical (unpaired) electrons. The van der Waals surface area contributed by atoms with E-state index in [0.29, 0.717) is 11.1 Å². The van der Waals surface area contributed by atoms with E-state index < -0.39 is 0 Å². The fourth-order valence-electron chi connectivity index (χ4n) is 3.02. The van der Waals surface area contributed by atoms with Crippen LogP contribution < -0.4 is 0 Å². The topological polar surface area (TPSA) is 37.4 Å². The van der Waals surface area contributed by atoms with Crippen LogP contribution in [0.1, 0.15) is 39.1 Å². The molecular formula is C20H19NO2. The Kier molecular flexibility index (Phi) is 4.38. The summed E-state index contributed by atoms with van der Waals surface area (Å²) in [4.78, 5) is 26.3. The molecule has 1 atom stereocenters. The van der Waals surface area contributed by atoms with Gasteiger partial charge in [0.15, 0.2) is 0 Å². The third-order valence-corrected chi connectivity index (χ3v) is 4.24. The summed E-state index contributed by atoms with van der Waals surface area (Å²) in [6.45, 7) is 3.82. The van der Waals surface area contributed by atoms with Crippen molar-refractivity contribution in [1.82, 2.24) is 4.90 Å². The van der Waals surface area contributed by atoms with Crippen LogP contribution in [0.2, 0.25) is 0 Å². The molecule has 1 aliphatic rings. The molecule has 1 unspecified atom stereocenters. The van der Waals surface area contributed by atoms with Gasteiger partial charge in [-0.3, -0.25) is 14.5 Å². The van der Waals surface area contributed by atoms with Gasteiger partial charge < -0.3 is 0 Å². The van der Waals surface area contributed by atoms with Gasteiger partial charge in [-0.1, -0.05) is 48.5 Å². The van der Waals surface area contributed by atoms with Gasteiger partial charge in [0.25, 0.3) is 11.8 Å². The number of rotatable bonds is 6. The van der Waals surface area contributed by atoms with Crippen molar-refractivity contribution in [3.05, 3.63) is 83.9 Å². The second-order valence-electron chi connectivity index (χ2n) is 5.71. The summed E-state index contributed by atoms with van der Waals surface area (Å²) in [6, 6.07) is 16.9. The minimum Gasteiger partial charge on any atom is -0.269 e. The molecule has 0 bridgehead atoms. The third kappa shape index (κ3) is 2.95. The van der Waals surface area contributed by atoms with E-state index in [0.717, 1.165) is 19.3 Å². The molecule has 3 nitrogen and oxygen atoms in total. The summed E-state index contributed by atoms with van der Waals surface area (Å²) < 4.78 is 0. The molecule has 0 aromatic heterocycles. The fraction of sp³-hybridized carbons (Fsp3) is 0.200. The molecule has 2 amide bonds. The molecule has 0 aliphatic carbocycles. The lowest BCUT2D eigenvalue weighted by Gasteiger charge is -2.23. The standard InChI is InChI=1S/C20H19NO2/c1-2-16(12-8-11-15-9-4-3-5-10-15)21-19(22)17-13-6-7-14-18(17)20(21)23/h2-7,9-10,13-14,16H,1,8,11-12H2.